The molecule has 1 aliphatic rings. The molecule has 2 amide bonds. The van der Waals surface area contributed by atoms with Gasteiger partial charge in [-0.05, 0) is 96.1 Å². The van der Waals surface area contributed by atoms with Gasteiger partial charge in [0, 0.05) is 30.9 Å². The first-order valence-electron chi connectivity index (χ1n) is 13.9. The van der Waals surface area contributed by atoms with Gasteiger partial charge in [-0.3, -0.25) is 9.69 Å². The number of aryl methyl sites for hydroxylation is 2. The summed E-state index contributed by atoms with van der Waals surface area (Å²) in [5, 5.41) is 10.3. The van der Waals surface area contributed by atoms with Crippen molar-refractivity contribution in [1.29, 1.82) is 0 Å². The number of ether oxygens (including phenoxy) is 1. The van der Waals surface area contributed by atoms with Crippen LogP contribution in [0.5, 0.6) is 0 Å². The molecule has 3 aromatic rings. The summed E-state index contributed by atoms with van der Waals surface area (Å²) in [5.74, 6) is 1.15. The van der Waals surface area contributed by atoms with Crippen molar-refractivity contribution in [2.24, 2.45) is 5.92 Å². The smallest absolute Gasteiger partial charge is 0.408 e. The van der Waals surface area contributed by atoms with E-state index in [1.165, 1.54) is 12.1 Å². The van der Waals surface area contributed by atoms with Crippen LogP contribution in [0.25, 0.3) is 5.78 Å². The minimum Gasteiger partial charge on any atom is -0.444 e. The standard InChI is InChI=1S/C29H40FN7O3/c1-19-24(20(2)37-27(33-19)34-25(35-37)17-32-28(39)40-29(3,4)5)10-11-26(38)31-16-21-12-14-36(15-13-21)18-22-6-8-23(30)9-7-22/h6-9,21H,10-18H2,1-5H3,(H,31,38)(H,32,39). The average Bonchev–Trinajstić information content (AvgIpc) is 3.30. The number of likely N-dealkylation sites (tertiary alicyclic amines) is 1. The number of carbonyl (C=O) groups is 2. The van der Waals surface area contributed by atoms with Crippen molar-refractivity contribution in [3.8, 4) is 0 Å². The van der Waals surface area contributed by atoms with Gasteiger partial charge >= 0.3 is 6.09 Å². The third-order valence-corrected chi connectivity index (χ3v) is 7.10. The van der Waals surface area contributed by atoms with E-state index in [-0.39, 0.29) is 18.3 Å². The number of benzene rings is 1. The molecule has 0 unspecified atom stereocenters. The van der Waals surface area contributed by atoms with Gasteiger partial charge in [0.05, 0.1) is 6.54 Å². The van der Waals surface area contributed by atoms with Gasteiger partial charge in [-0.25, -0.2) is 18.7 Å². The average molecular weight is 554 g/mol. The first-order valence-corrected chi connectivity index (χ1v) is 13.9. The molecule has 0 bridgehead atoms. The van der Waals surface area contributed by atoms with Crippen molar-refractivity contribution in [2.75, 3.05) is 19.6 Å². The first-order chi connectivity index (χ1) is 19.0. The minimum absolute atomic E-state index is 0.0217. The van der Waals surface area contributed by atoms with Crippen molar-refractivity contribution in [3.05, 3.63) is 58.4 Å². The second kappa shape index (κ2) is 12.7. The molecule has 0 atom stereocenters. The Bertz CT molecular complexity index is 1330. The van der Waals surface area contributed by atoms with Crippen LogP contribution in [-0.2, 0) is 29.0 Å². The molecule has 1 aromatic carbocycles. The highest BCUT2D eigenvalue weighted by atomic mass is 19.1. The Morgan fingerprint density at radius 3 is 2.45 bits per heavy atom. The van der Waals surface area contributed by atoms with Crippen molar-refractivity contribution in [1.82, 2.24) is 35.1 Å². The molecule has 3 heterocycles. The highest BCUT2D eigenvalue weighted by molar-refractivity contribution is 5.76. The lowest BCUT2D eigenvalue weighted by atomic mass is 9.96. The first kappa shape index (κ1) is 29.4. The normalized spacial score (nSPS) is 14.8. The predicted octanol–water partition coefficient (Wildman–Crippen LogP) is 3.87. The van der Waals surface area contributed by atoms with E-state index in [0.717, 1.165) is 55.0 Å². The highest BCUT2D eigenvalue weighted by Crippen LogP contribution is 2.19. The van der Waals surface area contributed by atoms with Crippen molar-refractivity contribution in [3.63, 3.8) is 0 Å². The quantitative estimate of drug-likeness (QED) is 0.414. The molecule has 11 heteroatoms. The fourth-order valence-electron chi connectivity index (χ4n) is 4.93. The number of carbonyl (C=O) groups excluding carboxylic acids is 2. The van der Waals surface area contributed by atoms with Gasteiger partial charge in [0.15, 0.2) is 5.82 Å². The third-order valence-electron chi connectivity index (χ3n) is 7.10. The number of amides is 2. The van der Waals surface area contributed by atoms with Gasteiger partial charge in [0.25, 0.3) is 5.78 Å². The lowest BCUT2D eigenvalue weighted by molar-refractivity contribution is -0.121. The van der Waals surface area contributed by atoms with E-state index in [4.69, 9.17) is 4.74 Å². The van der Waals surface area contributed by atoms with Crippen LogP contribution in [0.3, 0.4) is 0 Å². The maximum atomic E-state index is 13.1. The van der Waals surface area contributed by atoms with Crippen LogP contribution in [0.4, 0.5) is 9.18 Å². The molecule has 1 saturated heterocycles. The van der Waals surface area contributed by atoms with Crippen LogP contribution >= 0.6 is 0 Å². The number of aromatic nitrogens is 4. The zero-order chi connectivity index (χ0) is 28.9. The van der Waals surface area contributed by atoms with Crippen LogP contribution in [0, 0.1) is 25.6 Å². The molecule has 2 N–H and O–H groups in total. The second-order valence-electron chi connectivity index (χ2n) is 11.5. The van der Waals surface area contributed by atoms with E-state index in [9.17, 15) is 14.0 Å². The number of halogens is 1. The molecule has 1 fully saturated rings. The van der Waals surface area contributed by atoms with Gasteiger partial charge in [-0.15, -0.1) is 5.10 Å². The van der Waals surface area contributed by atoms with E-state index < -0.39 is 11.7 Å². The lowest BCUT2D eigenvalue weighted by Crippen LogP contribution is -2.38. The Balaban J connectivity index is 1.23. The van der Waals surface area contributed by atoms with Crippen LogP contribution < -0.4 is 10.6 Å². The predicted molar refractivity (Wildman–Crippen MR) is 149 cm³/mol. The van der Waals surface area contributed by atoms with E-state index >= 15 is 0 Å². The number of fused-ring (bicyclic) bond motifs is 1. The summed E-state index contributed by atoms with van der Waals surface area (Å²) in [7, 11) is 0. The van der Waals surface area contributed by atoms with E-state index in [2.05, 4.69) is 30.6 Å². The van der Waals surface area contributed by atoms with Crippen LogP contribution in [-0.4, -0.2) is 61.7 Å². The number of hydrogen-bond donors (Lipinski definition) is 2. The third kappa shape index (κ3) is 8.20. The molecule has 4 rings (SSSR count). The van der Waals surface area contributed by atoms with E-state index in [1.807, 2.05) is 26.0 Å². The molecule has 10 nitrogen and oxygen atoms in total. The molecule has 0 spiro atoms. The Morgan fingerprint density at radius 1 is 1.07 bits per heavy atom. The summed E-state index contributed by atoms with van der Waals surface area (Å²) in [4.78, 5) is 36.0. The number of piperidine rings is 1. The highest BCUT2D eigenvalue weighted by Gasteiger charge is 2.21. The fourth-order valence-corrected chi connectivity index (χ4v) is 4.93. The van der Waals surface area contributed by atoms with Gasteiger partial charge in [0.2, 0.25) is 5.91 Å². The maximum absolute atomic E-state index is 13.1. The summed E-state index contributed by atoms with van der Waals surface area (Å²) in [6.07, 6.45) is 2.43. The minimum atomic E-state index is -0.587. The van der Waals surface area contributed by atoms with E-state index in [0.29, 0.717) is 36.9 Å². The maximum Gasteiger partial charge on any atom is 0.408 e. The molecular weight excluding hydrogens is 513 g/mol. The van der Waals surface area contributed by atoms with Gasteiger partial charge in [-0.2, -0.15) is 4.98 Å². The Kier molecular flexibility index (Phi) is 9.34. The zero-order valence-corrected chi connectivity index (χ0v) is 24.1. The van der Waals surface area contributed by atoms with Crippen molar-refractivity contribution < 1.29 is 18.7 Å². The lowest BCUT2D eigenvalue weighted by Gasteiger charge is -2.32. The van der Waals surface area contributed by atoms with Crippen LogP contribution in [0.15, 0.2) is 24.3 Å². The summed E-state index contributed by atoms with van der Waals surface area (Å²) < 4.78 is 20.1. The molecule has 2 aromatic heterocycles. The van der Waals surface area contributed by atoms with Gasteiger partial charge < -0.3 is 15.4 Å². The number of nitrogens with zero attached hydrogens (tertiary/aromatic N) is 5. The summed E-state index contributed by atoms with van der Waals surface area (Å²) >= 11 is 0. The molecule has 1 aliphatic heterocycles. The summed E-state index contributed by atoms with van der Waals surface area (Å²) in [5.41, 5.74) is 3.18. The van der Waals surface area contributed by atoms with Gasteiger partial charge in [-0.1, -0.05) is 12.1 Å². The van der Waals surface area contributed by atoms with Crippen LogP contribution in [0.1, 0.15) is 68.4 Å². The largest absolute Gasteiger partial charge is 0.444 e. The van der Waals surface area contributed by atoms with Crippen molar-refractivity contribution >= 4 is 17.8 Å². The molecule has 0 aliphatic carbocycles. The SMILES string of the molecule is Cc1nc2nc(CNC(=O)OC(C)(C)C)nn2c(C)c1CCC(=O)NCC1CCN(Cc2ccc(F)cc2)CC1. The summed E-state index contributed by atoms with van der Waals surface area (Å²) in [6.45, 7) is 12.8. The Morgan fingerprint density at radius 2 is 1.77 bits per heavy atom. The molecule has 216 valence electrons. The Hall–Kier alpha value is -3.60. The molecule has 40 heavy (non-hydrogen) atoms. The van der Waals surface area contributed by atoms with Crippen molar-refractivity contribution in [2.45, 2.75) is 79.0 Å². The second-order valence-corrected chi connectivity index (χ2v) is 11.5. The number of nitrogens with one attached hydrogen (secondary N) is 2. The zero-order valence-electron chi connectivity index (χ0n) is 24.1. The molecule has 0 saturated carbocycles. The topological polar surface area (TPSA) is 114 Å². The van der Waals surface area contributed by atoms with Gasteiger partial charge in [0.1, 0.15) is 11.4 Å². The Labute approximate surface area is 234 Å². The summed E-state index contributed by atoms with van der Waals surface area (Å²) in [6, 6.07) is 6.68. The molecular formula is C29H40FN7O3. The van der Waals surface area contributed by atoms with Crippen LogP contribution in [0.2, 0.25) is 0 Å². The number of rotatable bonds is 9. The number of alkyl carbamates (subject to hydrolysis) is 1. The monoisotopic (exact) mass is 553 g/mol. The fraction of sp³-hybridized carbons (Fsp3) is 0.552. The molecule has 0 radical (unpaired) electrons. The van der Waals surface area contributed by atoms with E-state index in [1.54, 1.807) is 25.3 Å². The number of hydrogen-bond acceptors (Lipinski definition) is 7.